The van der Waals surface area contributed by atoms with E-state index in [4.69, 9.17) is 10.3 Å². The summed E-state index contributed by atoms with van der Waals surface area (Å²) in [5, 5.41) is 26.8. The summed E-state index contributed by atoms with van der Waals surface area (Å²) in [5.41, 5.74) is 12.8. The molecular formula is C38H43FN10O3S2. The van der Waals surface area contributed by atoms with Crippen molar-refractivity contribution in [3.05, 3.63) is 86.5 Å². The summed E-state index contributed by atoms with van der Waals surface area (Å²) >= 11 is 1.55. The van der Waals surface area contributed by atoms with Gasteiger partial charge in [-0.2, -0.15) is 0 Å². The first-order valence-corrected chi connectivity index (χ1v) is 20.5. The van der Waals surface area contributed by atoms with Crippen LogP contribution in [0.3, 0.4) is 0 Å². The van der Waals surface area contributed by atoms with Crippen molar-refractivity contribution < 1.29 is 19.0 Å². The maximum absolute atomic E-state index is 15.3. The molecule has 4 heterocycles. The Balaban J connectivity index is 0.843. The lowest BCUT2D eigenvalue weighted by atomic mass is 9.33. The number of allylic oxidation sites excluding steroid dienone is 1. The van der Waals surface area contributed by atoms with E-state index in [0.717, 1.165) is 88.6 Å². The Morgan fingerprint density at radius 1 is 1.22 bits per heavy atom. The maximum atomic E-state index is 15.3. The Kier molecular flexibility index (Phi) is 9.94. The molecule has 3 saturated carbocycles. The topological polar surface area (TPSA) is 165 Å². The summed E-state index contributed by atoms with van der Waals surface area (Å²) in [6, 6.07) is 13.3. The van der Waals surface area contributed by atoms with E-state index >= 15 is 4.39 Å². The standard InChI is InChI=1S/C38H43FN10O3S2/c1-24-27-9-5-16-49(33(27)46-45-32(24)44-34-43-29-10-3-4-11-31(29)53-34)35-41-19-26(54(35)36(50)51)8-6-17-52-30-13-12-25(18-28(30)39)38-20-37(21-38,22-38)23-48(2)15-7-14-42-47-40/h3-4,10-13,18-19,54H,5-9,14-17,20-23H2,1-2H3,(H,50,51)(H,43,44,45). The van der Waals surface area contributed by atoms with Crippen molar-refractivity contribution in [1.82, 2.24) is 20.1 Å². The normalized spacial score (nSPS) is 23.2. The second kappa shape index (κ2) is 14.8. The average molecular weight is 771 g/mol. The van der Waals surface area contributed by atoms with Crippen molar-refractivity contribution in [2.24, 2.45) is 15.5 Å². The molecular weight excluding hydrogens is 728 g/mol. The third-order valence-corrected chi connectivity index (χ3v) is 14.1. The molecule has 0 spiro atoms. The van der Waals surface area contributed by atoms with Crippen molar-refractivity contribution >= 4 is 59.7 Å². The van der Waals surface area contributed by atoms with Crippen molar-refractivity contribution in [3.63, 3.8) is 0 Å². The Hall–Kier alpha value is -4.76. The van der Waals surface area contributed by atoms with Crippen LogP contribution in [0.2, 0.25) is 0 Å². The lowest BCUT2D eigenvalue weighted by Crippen LogP contribution is -2.67. The van der Waals surface area contributed by atoms with Crippen LogP contribution < -0.4 is 15.0 Å². The number of nitrogens with one attached hydrogen (secondary N) is 1. The second-order valence-corrected chi connectivity index (χ2v) is 18.0. The molecule has 13 nitrogen and oxygen atoms in total. The van der Waals surface area contributed by atoms with Gasteiger partial charge in [0.1, 0.15) is 0 Å². The molecule has 2 aromatic carbocycles. The molecule has 282 valence electrons. The number of amidine groups is 1. The van der Waals surface area contributed by atoms with Gasteiger partial charge in [-0.3, -0.25) is 0 Å². The van der Waals surface area contributed by atoms with Crippen LogP contribution in [0.4, 0.5) is 26.0 Å². The first-order chi connectivity index (χ1) is 26.2. The summed E-state index contributed by atoms with van der Waals surface area (Å²) in [6.45, 7) is 5.29. The van der Waals surface area contributed by atoms with Crippen LogP contribution in [-0.4, -0.2) is 75.5 Å². The van der Waals surface area contributed by atoms with E-state index in [1.54, 1.807) is 29.7 Å². The van der Waals surface area contributed by atoms with Gasteiger partial charge in [0.25, 0.3) is 0 Å². The SMILES string of the molecule is Cc1c(Nc2nc3ccccc3s2)nnc2c1CCCN2C1=NC=C(CCCOc2ccc(C34CC(CN(C)CCCN=[N+]=[N-])(C3)C4)cc2F)[SH]1C(=O)O. The number of thiazole rings is 1. The highest BCUT2D eigenvalue weighted by atomic mass is 32.2. The van der Waals surface area contributed by atoms with E-state index in [-0.39, 0.29) is 23.6 Å². The smallest absolute Gasteiger partial charge is 0.355 e. The maximum Gasteiger partial charge on any atom is 0.355 e. The number of aromatic nitrogens is 3. The molecule has 9 rings (SSSR count). The molecule has 0 saturated heterocycles. The molecule has 3 fully saturated rings. The fourth-order valence-corrected chi connectivity index (χ4v) is 11.5. The largest absolute Gasteiger partial charge is 0.491 e. The summed E-state index contributed by atoms with van der Waals surface area (Å²) in [7, 11) is 0.372. The monoisotopic (exact) mass is 770 g/mol. The third kappa shape index (κ3) is 6.87. The molecule has 2 bridgehead atoms. The van der Waals surface area contributed by atoms with Gasteiger partial charge in [-0.05, 0) is 118 Å². The predicted molar refractivity (Wildman–Crippen MR) is 213 cm³/mol. The number of benzene rings is 2. The van der Waals surface area contributed by atoms with Crippen molar-refractivity contribution in [1.29, 1.82) is 0 Å². The molecule has 1 atom stereocenters. The molecule has 16 heteroatoms. The number of rotatable bonds is 14. The van der Waals surface area contributed by atoms with E-state index in [9.17, 15) is 9.90 Å². The van der Waals surface area contributed by atoms with Gasteiger partial charge in [0.15, 0.2) is 33.5 Å². The number of carboxylic acid groups (broad SMARTS) is 1. The second-order valence-electron chi connectivity index (χ2n) is 15.0. The van der Waals surface area contributed by atoms with Gasteiger partial charge >= 0.3 is 5.30 Å². The van der Waals surface area contributed by atoms with Crippen LogP contribution in [-0.2, 0) is 11.8 Å². The van der Waals surface area contributed by atoms with E-state index < -0.39 is 16.2 Å². The molecule has 54 heavy (non-hydrogen) atoms. The summed E-state index contributed by atoms with van der Waals surface area (Å²) < 4.78 is 22.2. The van der Waals surface area contributed by atoms with Gasteiger partial charge in [0.05, 0.1) is 16.8 Å². The molecule has 2 aliphatic heterocycles. The van der Waals surface area contributed by atoms with Gasteiger partial charge < -0.3 is 25.0 Å². The van der Waals surface area contributed by atoms with Gasteiger partial charge in [-0.15, -0.1) is 10.2 Å². The first-order valence-electron chi connectivity index (χ1n) is 18.4. The summed E-state index contributed by atoms with van der Waals surface area (Å²) in [5.74, 6) is 1.14. The Morgan fingerprint density at radius 3 is 2.83 bits per heavy atom. The number of hydrogen-bond acceptors (Lipinski definition) is 11. The lowest BCUT2D eigenvalue weighted by Gasteiger charge is -2.72. The van der Waals surface area contributed by atoms with Crippen LogP contribution >= 0.6 is 22.2 Å². The zero-order valence-corrected chi connectivity index (χ0v) is 32.0. The Labute approximate surface area is 319 Å². The average Bonchev–Trinajstić information content (AvgIpc) is 3.75. The first kappa shape index (κ1) is 36.2. The molecule has 1 unspecified atom stereocenters. The van der Waals surface area contributed by atoms with Crippen LogP contribution in [0.5, 0.6) is 5.75 Å². The summed E-state index contributed by atoms with van der Waals surface area (Å²) in [6.07, 6.45) is 8.34. The number of carbonyl (C=O) groups is 1. The van der Waals surface area contributed by atoms with Crippen LogP contribution in [0.1, 0.15) is 61.6 Å². The zero-order chi connectivity index (χ0) is 37.5. The highest BCUT2D eigenvalue weighted by Crippen LogP contribution is 2.73. The molecule has 0 radical (unpaired) electrons. The lowest BCUT2D eigenvalue weighted by molar-refractivity contribution is -0.153. The molecule has 3 aliphatic carbocycles. The number of fused-ring (bicyclic) bond motifs is 2. The number of aliphatic imine (C=N–C) groups is 1. The minimum atomic E-state index is -1.74. The predicted octanol–water partition coefficient (Wildman–Crippen LogP) is 8.83. The molecule has 5 aliphatic rings. The molecule has 4 aromatic rings. The van der Waals surface area contributed by atoms with Crippen molar-refractivity contribution in [3.8, 4) is 5.75 Å². The zero-order valence-electron chi connectivity index (χ0n) is 30.3. The molecule has 2 N–H and O–H groups in total. The number of ether oxygens (including phenoxy) is 1. The Bertz CT molecular complexity index is 2170. The van der Waals surface area contributed by atoms with Crippen LogP contribution in [0.25, 0.3) is 20.7 Å². The van der Waals surface area contributed by atoms with E-state index in [2.05, 4.69) is 47.5 Å². The summed E-state index contributed by atoms with van der Waals surface area (Å²) in [4.78, 5) is 29.8. The number of nitrogens with zero attached hydrogens (tertiary/aromatic N) is 9. The van der Waals surface area contributed by atoms with Gasteiger partial charge in [-0.25, -0.2) is 19.2 Å². The quantitative estimate of drug-likeness (QED) is 0.0374. The van der Waals surface area contributed by atoms with E-state index in [1.807, 2.05) is 42.2 Å². The fourth-order valence-electron chi connectivity index (χ4n) is 8.83. The van der Waals surface area contributed by atoms with Gasteiger partial charge in [-0.1, -0.05) is 45.5 Å². The van der Waals surface area contributed by atoms with E-state index in [0.29, 0.717) is 48.1 Å². The Morgan fingerprint density at radius 2 is 2.06 bits per heavy atom. The van der Waals surface area contributed by atoms with Gasteiger partial charge in [0, 0.05) is 46.8 Å². The van der Waals surface area contributed by atoms with Gasteiger partial charge in [0.2, 0.25) is 0 Å². The minimum absolute atomic E-state index is 0.0570. The number of azide groups is 1. The fraction of sp³-hybridized carbons (Fsp3) is 0.447. The van der Waals surface area contributed by atoms with Crippen LogP contribution in [0, 0.1) is 18.2 Å². The van der Waals surface area contributed by atoms with Crippen molar-refractivity contribution in [2.75, 3.05) is 50.1 Å². The minimum Gasteiger partial charge on any atom is -0.491 e. The number of hydrogen-bond donors (Lipinski definition) is 3. The highest BCUT2D eigenvalue weighted by molar-refractivity contribution is 8.44. The van der Waals surface area contributed by atoms with Crippen LogP contribution in [0.15, 0.2) is 63.7 Å². The van der Waals surface area contributed by atoms with Crippen molar-refractivity contribution in [2.45, 2.75) is 63.7 Å². The number of thiol groups is 1. The highest BCUT2D eigenvalue weighted by Gasteiger charge is 2.68. The number of para-hydroxylation sites is 1. The molecule has 0 amide bonds. The third-order valence-electron chi connectivity index (χ3n) is 11.1. The molecule has 2 aromatic heterocycles. The van der Waals surface area contributed by atoms with E-state index in [1.165, 1.54) is 0 Å². The number of halogens is 1. The number of anilines is 3.